The highest BCUT2D eigenvalue weighted by atomic mass is 35.5. The number of rotatable bonds is 3. The average Bonchev–Trinajstić information content (AvgIpc) is 2.71. The van der Waals surface area contributed by atoms with E-state index in [1.54, 1.807) is 6.92 Å². The minimum absolute atomic E-state index is 0.154. The maximum absolute atomic E-state index is 12.8. The fraction of sp³-hybridized carbons (Fsp3) is 0.200. The maximum atomic E-state index is 12.8. The predicted molar refractivity (Wildman–Crippen MR) is 63.3 cm³/mol. The lowest BCUT2D eigenvalue weighted by Gasteiger charge is -2.03. The molecule has 1 N–H and O–H groups in total. The molecule has 1 heterocycles. The normalized spacial score (nSPS) is 12.5. The molecule has 2 rings (SSSR count). The molecule has 0 radical (unpaired) electrons. The molecule has 0 saturated carbocycles. The van der Waals surface area contributed by atoms with Crippen LogP contribution in [-0.4, -0.2) is 10.2 Å². The van der Waals surface area contributed by atoms with Crippen molar-refractivity contribution in [2.45, 2.75) is 12.3 Å². The SMILES string of the molecule is CC(Cl)c1nnc(Nc2ccc(F)cc2Cl)o1. The van der Waals surface area contributed by atoms with E-state index in [0.717, 1.165) is 0 Å². The van der Waals surface area contributed by atoms with Crippen molar-refractivity contribution in [2.24, 2.45) is 0 Å². The molecule has 1 aromatic heterocycles. The first-order valence-electron chi connectivity index (χ1n) is 4.76. The van der Waals surface area contributed by atoms with Gasteiger partial charge in [-0.25, -0.2) is 4.39 Å². The number of alkyl halides is 1. The monoisotopic (exact) mass is 275 g/mol. The summed E-state index contributed by atoms with van der Waals surface area (Å²) < 4.78 is 18.0. The minimum atomic E-state index is -0.416. The van der Waals surface area contributed by atoms with Gasteiger partial charge in [-0.15, -0.1) is 16.7 Å². The van der Waals surface area contributed by atoms with Crippen LogP contribution in [0.25, 0.3) is 0 Å². The van der Waals surface area contributed by atoms with Crippen molar-refractivity contribution in [3.8, 4) is 0 Å². The molecule has 0 bridgehead atoms. The number of aromatic nitrogens is 2. The zero-order chi connectivity index (χ0) is 12.4. The quantitative estimate of drug-likeness (QED) is 0.863. The minimum Gasteiger partial charge on any atom is -0.406 e. The second-order valence-electron chi connectivity index (χ2n) is 3.31. The summed E-state index contributed by atoms with van der Waals surface area (Å²) in [5.41, 5.74) is 0.477. The van der Waals surface area contributed by atoms with Crippen LogP contribution in [-0.2, 0) is 0 Å². The average molecular weight is 276 g/mol. The van der Waals surface area contributed by atoms with Crippen LogP contribution in [0, 0.1) is 5.82 Å². The summed E-state index contributed by atoms with van der Waals surface area (Å²) in [7, 11) is 0. The van der Waals surface area contributed by atoms with Crippen molar-refractivity contribution in [3.05, 3.63) is 34.9 Å². The van der Waals surface area contributed by atoms with Gasteiger partial charge in [-0.3, -0.25) is 0 Å². The second kappa shape index (κ2) is 4.89. The Morgan fingerprint density at radius 2 is 2.18 bits per heavy atom. The zero-order valence-electron chi connectivity index (χ0n) is 8.75. The standard InChI is InChI=1S/C10H8Cl2FN3O/c1-5(11)9-15-16-10(17-9)14-8-3-2-6(13)4-7(8)12/h2-5H,1H3,(H,14,16). The summed E-state index contributed by atoms with van der Waals surface area (Å²) in [6.07, 6.45) is 0. The highest BCUT2D eigenvalue weighted by Crippen LogP contribution is 2.27. The molecule has 17 heavy (non-hydrogen) atoms. The van der Waals surface area contributed by atoms with Crippen LogP contribution < -0.4 is 5.32 Å². The van der Waals surface area contributed by atoms with Crippen LogP contribution in [0.15, 0.2) is 22.6 Å². The third kappa shape index (κ3) is 2.87. The van der Waals surface area contributed by atoms with Gasteiger partial charge >= 0.3 is 6.01 Å². The van der Waals surface area contributed by atoms with Gasteiger partial charge in [0.25, 0.3) is 0 Å². The van der Waals surface area contributed by atoms with Crippen molar-refractivity contribution >= 4 is 34.9 Å². The molecule has 1 aromatic carbocycles. The van der Waals surface area contributed by atoms with Gasteiger partial charge in [0, 0.05) is 0 Å². The van der Waals surface area contributed by atoms with Gasteiger partial charge < -0.3 is 9.73 Å². The molecule has 0 aliphatic rings. The van der Waals surface area contributed by atoms with Crippen LogP contribution >= 0.6 is 23.2 Å². The lowest BCUT2D eigenvalue weighted by Crippen LogP contribution is -1.91. The van der Waals surface area contributed by atoms with E-state index in [4.69, 9.17) is 27.6 Å². The molecular weight excluding hydrogens is 268 g/mol. The highest BCUT2D eigenvalue weighted by Gasteiger charge is 2.12. The lowest BCUT2D eigenvalue weighted by molar-refractivity contribution is 0.510. The first-order chi connectivity index (χ1) is 8.06. The van der Waals surface area contributed by atoms with Crippen LogP contribution in [0.3, 0.4) is 0 Å². The number of nitrogens with zero attached hydrogens (tertiary/aromatic N) is 2. The topological polar surface area (TPSA) is 51.0 Å². The van der Waals surface area contributed by atoms with E-state index in [1.807, 2.05) is 0 Å². The summed E-state index contributed by atoms with van der Waals surface area (Å²) in [6, 6.07) is 4.09. The fourth-order valence-electron chi connectivity index (χ4n) is 1.15. The molecule has 7 heteroatoms. The van der Waals surface area contributed by atoms with Gasteiger partial charge in [0.05, 0.1) is 10.7 Å². The van der Waals surface area contributed by atoms with Gasteiger partial charge in [0.2, 0.25) is 5.89 Å². The Morgan fingerprint density at radius 3 is 2.76 bits per heavy atom. The molecule has 0 spiro atoms. The van der Waals surface area contributed by atoms with Crippen molar-refractivity contribution in [1.82, 2.24) is 10.2 Å². The molecule has 1 unspecified atom stereocenters. The largest absolute Gasteiger partial charge is 0.406 e. The molecule has 0 saturated heterocycles. The van der Waals surface area contributed by atoms with E-state index in [-0.39, 0.29) is 16.4 Å². The van der Waals surface area contributed by atoms with Crippen LogP contribution in [0.2, 0.25) is 5.02 Å². The predicted octanol–water partition coefficient (Wildman–Crippen LogP) is 3.91. The molecule has 0 amide bonds. The Kier molecular flexibility index (Phi) is 3.49. The fourth-order valence-corrected chi connectivity index (χ4v) is 1.45. The number of anilines is 2. The number of hydrogen-bond donors (Lipinski definition) is 1. The van der Waals surface area contributed by atoms with Crippen molar-refractivity contribution < 1.29 is 8.81 Å². The molecule has 2 aromatic rings. The van der Waals surface area contributed by atoms with Crippen molar-refractivity contribution in [2.75, 3.05) is 5.32 Å². The zero-order valence-corrected chi connectivity index (χ0v) is 10.3. The Labute approximate surface area is 107 Å². The lowest BCUT2D eigenvalue weighted by atomic mass is 10.3. The molecule has 90 valence electrons. The van der Waals surface area contributed by atoms with E-state index >= 15 is 0 Å². The number of halogens is 3. The third-order valence-corrected chi connectivity index (χ3v) is 2.45. The van der Waals surface area contributed by atoms with E-state index in [0.29, 0.717) is 11.6 Å². The summed E-state index contributed by atoms with van der Waals surface area (Å²) >= 11 is 11.6. The number of benzene rings is 1. The Balaban J connectivity index is 2.19. The van der Waals surface area contributed by atoms with Gasteiger partial charge in [0.1, 0.15) is 11.2 Å². The maximum Gasteiger partial charge on any atom is 0.320 e. The molecule has 0 aliphatic heterocycles. The summed E-state index contributed by atoms with van der Waals surface area (Å²) in [6.45, 7) is 1.71. The first kappa shape index (κ1) is 12.1. The van der Waals surface area contributed by atoms with E-state index in [1.165, 1.54) is 18.2 Å². The highest BCUT2D eigenvalue weighted by molar-refractivity contribution is 6.33. The van der Waals surface area contributed by atoms with Crippen LogP contribution in [0.4, 0.5) is 16.1 Å². The van der Waals surface area contributed by atoms with Crippen molar-refractivity contribution in [1.29, 1.82) is 0 Å². The molecular formula is C10H8Cl2FN3O. The first-order valence-corrected chi connectivity index (χ1v) is 5.57. The third-order valence-electron chi connectivity index (χ3n) is 1.95. The van der Waals surface area contributed by atoms with Gasteiger partial charge in [-0.05, 0) is 25.1 Å². The summed E-state index contributed by atoms with van der Waals surface area (Å²) in [5.74, 6) is -0.117. The molecule has 0 fully saturated rings. The van der Waals surface area contributed by atoms with Crippen LogP contribution in [0.5, 0.6) is 0 Å². The summed E-state index contributed by atoms with van der Waals surface area (Å²) in [5, 5.41) is 10.1. The molecule has 4 nitrogen and oxygen atoms in total. The van der Waals surface area contributed by atoms with Gasteiger partial charge in [0.15, 0.2) is 0 Å². The van der Waals surface area contributed by atoms with Crippen molar-refractivity contribution in [3.63, 3.8) is 0 Å². The number of hydrogen-bond acceptors (Lipinski definition) is 4. The Morgan fingerprint density at radius 1 is 1.41 bits per heavy atom. The van der Waals surface area contributed by atoms with E-state index in [9.17, 15) is 4.39 Å². The number of nitrogens with one attached hydrogen (secondary N) is 1. The Hall–Kier alpha value is -1.33. The molecule has 1 atom stereocenters. The van der Waals surface area contributed by atoms with Gasteiger partial charge in [-0.1, -0.05) is 16.7 Å². The summed E-state index contributed by atoms with van der Waals surface area (Å²) in [4.78, 5) is 0. The smallest absolute Gasteiger partial charge is 0.320 e. The molecule has 0 aliphatic carbocycles. The van der Waals surface area contributed by atoms with Crippen LogP contribution in [0.1, 0.15) is 18.2 Å². The van der Waals surface area contributed by atoms with E-state index < -0.39 is 5.82 Å². The second-order valence-corrected chi connectivity index (χ2v) is 4.37. The van der Waals surface area contributed by atoms with E-state index in [2.05, 4.69) is 15.5 Å². The van der Waals surface area contributed by atoms with Gasteiger partial charge in [-0.2, -0.15) is 0 Å². The Bertz CT molecular complexity index is 530.